The van der Waals surface area contributed by atoms with Crippen molar-refractivity contribution in [3.05, 3.63) is 36.4 Å². The van der Waals surface area contributed by atoms with Crippen molar-refractivity contribution in [2.75, 3.05) is 0 Å². The molecule has 0 N–H and O–H groups in total. The third-order valence-electron chi connectivity index (χ3n) is 1.45. The van der Waals surface area contributed by atoms with E-state index >= 15 is 0 Å². The van der Waals surface area contributed by atoms with Crippen molar-refractivity contribution in [2.24, 2.45) is 0 Å². The molecule has 0 aliphatic carbocycles. The van der Waals surface area contributed by atoms with Gasteiger partial charge in [-0.25, -0.2) is 0 Å². The summed E-state index contributed by atoms with van der Waals surface area (Å²) >= 11 is 3.41. The van der Waals surface area contributed by atoms with Crippen LogP contribution in [-0.4, -0.2) is 4.51 Å². The molecule has 0 aliphatic rings. The fourth-order valence-electron chi connectivity index (χ4n) is 0.985. The van der Waals surface area contributed by atoms with Crippen molar-refractivity contribution in [2.45, 2.75) is 18.4 Å². The van der Waals surface area contributed by atoms with Crippen LogP contribution in [0.1, 0.15) is 19.4 Å². The molecule has 0 amide bonds. The van der Waals surface area contributed by atoms with Gasteiger partial charge in [-0.05, 0) is 47.5 Å². The quantitative estimate of drug-likeness (QED) is 0.730. The number of hydrogen-bond donors (Lipinski definition) is 0. The summed E-state index contributed by atoms with van der Waals surface area (Å²) in [5.74, 6) is 0.847. The number of rotatable bonds is 3. The highest BCUT2D eigenvalue weighted by Crippen LogP contribution is 2.23. The van der Waals surface area contributed by atoms with Gasteiger partial charge in [0, 0.05) is 0 Å². The summed E-state index contributed by atoms with van der Waals surface area (Å²) in [6.45, 7) is 7.61. The second-order valence-electron chi connectivity index (χ2n) is 3.24. The summed E-state index contributed by atoms with van der Waals surface area (Å²) in [7, 11) is 0. The maximum absolute atomic E-state index is 5.61. The van der Waals surface area contributed by atoms with Crippen molar-refractivity contribution >= 4 is 22.0 Å². The average molecular weight is 241 g/mol. The van der Waals surface area contributed by atoms with Crippen LogP contribution in [0.5, 0.6) is 5.75 Å². The molecule has 0 radical (unpaired) electrons. The molecule has 0 heterocycles. The highest BCUT2D eigenvalue weighted by atomic mass is 79.9. The van der Waals surface area contributed by atoms with Crippen LogP contribution in [-0.2, 0) is 0 Å². The fourth-order valence-corrected chi connectivity index (χ4v) is 1.17. The molecule has 0 fully saturated rings. The van der Waals surface area contributed by atoms with E-state index in [1.165, 1.54) is 0 Å². The summed E-state index contributed by atoms with van der Waals surface area (Å²) in [6, 6.07) is 7.82. The Morgan fingerprint density at radius 3 is 2.69 bits per heavy atom. The van der Waals surface area contributed by atoms with Crippen LogP contribution in [0.2, 0.25) is 0 Å². The predicted octanol–water partition coefficient (Wildman–Crippen LogP) is 3.84. The first-order valence-electron chi connectivity index (χ1n) is 4.12. The number of halogens is 1. The van der Waals surface area contributed by atoms with Crippen molar-refractivity contribution in [3.63, 3.8) is 0 Å². The van der Waals surface area contributed by atoms with Crippen LogP contribution in [0.15, 0.2) is 30.8 Å². The Balaban J connectivity index is 2.84. The summed E-state index contributed by atoms with van der Waals surface area (Å²) in [5.41, 5.74) is 1.06. The molecule has 0 bridgehead atoms. The van der Waals surface area contributed by atoms with Gasteiger partial charge < -0.3 is 4.74 Å². The minimum atomic E-state index is -0.327. The van der Waals surface area contributed by atoms with Crippen LogP contribution in [0.25, 0.3) is 6.08 Å². The molecule has 70 valence electrons. The van der Waals surface area contributed by atoms with E-state index in [2.05, 4.69) is 22.5 Å². The standard InChI is InChI=1S/C11H13BrO/c1-4-9-6-5-7-10(8-9)13-11(2,3)12/h4-8H,1H2,2-3H3. The molecule has 0 unspecified atom stereocenters. The molecule has 0 saturated carbocycles. The molecular formula is C11H13BrO. The SMILES string of the molecule is C=Cc1cccc(OC(C)(C)Br)c1. The lowest BCUT2D eigenvalue weighted by molar-refractivity contribution is 0.214. The zero-order chi connectivity index (χ0) is 9.90. The Labute approximate surface area is 87.5 Å². The molecule has 0 aliphatic heterocycles. The second kappa shape index (κ2) is 3.97. The third-order valence-corrected chi connectivity index (χ3v) is 1.62. The largest absolute Gasteiger partial charge is 0.477 e. The van der Waals surface area contributed by atoms with Crippen LogP contribution < -0.4 is 4.74 Å². The first-order valence-corrected chi connectivity index (χ1v) is 4.91. The Morgan fingerprint density at radius 1 is 1.46 bits per heavy atom. The second-order valence-corrected chi connectivity index (χ2v) is 5.15. The molecule has 0 saturated heterocycles. The molecule has 13 heavy (non-hydrogen) atoms. The Morgan fingerprint density at radius 2 is 2.15 bits per heavy atom. The zero-order valence-electron chi connectivity index (χ0n) is 7.88. The van der Waals surface area contributed by atoms with Crippen LogP contribution in [0.3, 0.4) is 0 Å². The zero-order valence-corrected chi connectivity index (χ0v) is 9.47. The van der Waals surface area contributed by atoms with Gasteiger partial charge in [0.05, 0.1) is 0 Å². The van der Waals surface area contributed by atoms with E-state index in [4.69, 9.17) is 4.74 Å². The van der Waals surface area contributed by atoms with Crippen molar-refractivity contribution < 1.29 is 4.74 Å². The van der Waals surface area contributed by atoms with Gasteiger partial charge in [0.1, 0.15) is 5.75 Å². The van der Waals surface area contributed by atoms with Gasteiger partial charge in [-0.15, -0.1) is 0 Å². The van der Waals surface area contributed by atoms with E-state index in [0.29, 0.717) is 0 Å². The Hall–Kier alpha value is -0.760. The van der Waals surface area contributed by atoms with Crippen molar-refractivity contribution in [3.8, 4) is 5.75 Å². The topological polar surface area (TPSA) is 9.23 Å². The highest BCUT2D eigenvalue weighted by Gasteiger charge is 2.13. The van der Waals surface area contributed by atoms with E-state index < -0.39 is 0 Å². The highest BCUT2D eigenvalue weighted by molar-refractivity contribution is 9.10. The van der Waals surface area contributed by atoms with Gasteiger partial charge in [0.25, 0.3) is 0 Å². The monoisotopic (exact) mass is 240 g/mol. The lowest BCUT2D eigenvalue weighted by atomic mass is 10.2. The van der Waals surface area contributed by atoms with Gasteiger partial charge in [0.15, 0.2) is 4.51 Å². The van der Waals surface area contributed by atoms with Crippen LogP contribution in [0.4, 0.5) is 0 Å². The molecule has 0 aromatic heterocycles. The lowest BCUT2D eigenvalue weighted by Crippen LogP contribution is -2.18. The maximum atomic E-state index is 5.61. The van der Waals surface area contributed by atoms with E-state index in [0.717, 1.165) is 11.3 Å². The molecule has 0 spiro atoms. The molecular weight excluding hydrogens is 228 g/mol. The smallest absolute Gasteiger partial charge is 0.157 e. The van der Waals surface area contributed by atoms with Crippen molar-refractivity contribution in [1.29, 1.82) is 0 Å². The number of hydrogen-bond acceptors (Lipinski definition) is 1. The number of benzene rings is 1. The first kappa shape index (κ1) is 10.3. The molecule has 2 heteroatoms. The van der Waals surface area contributed by atoms with Crippen molar-refractivity contribution in [1.82, 2.24) is 0 Å². The molecule has 1 nitrogen and oxygen atoms in total. The summed E-state index contributed by atoms with van der Waals surface area (Å²) in [5, 5.41) is 0. The summed E-state index contributed by atoms with van der Waals surface area (Å²) < 4.78 is 5.29. The molecule has 1 aromatic rings. The third kappa shape index (κ3) is 3.64. The van der Waals surface area contributed by atoms with Gasteiger partial charge >= 0.3 is 0 Å². The Bertz CT molecular complexity index is 299. The van der Waals surface area contributed by atoms with E-state index in [-0.39, 0.29) is 4.51 Å². The number of alkyl halides is 1. The number of ether oxygens (including phenoxy) is 1. The first-order chi connectivity index (χ1) is 6.01. The van der Waals surface area contributed by atoms with Crippen LogP contribution >= 0.6 is 15.9 Å². The average Bonchev–Trinajstić information content (AvgIpc) is 2.01. The Kier molecular flexibility index (Phi) is 3.15. The maximum Gasteiger partial charge on any atom is 0.157 e. The van der Waals surface area contributed by atoms with E-state index in [1.807, 2.05) is 38.1 Å². The lowest BCUT2D eigenvalue weighted by Gasteiger charge is -2.19. The van der Waals surface area contributed by atoms with E-state index in [1.54, 1.807) is 6.08 Å². The van der Waals surface area contributed by atoms with Crippen LogP contribution in [0, 0.1) is 0 Å². The summed E-state index contributed by atoms with van der Waals surface area (Å²) in [4.78, 5) is 0. The molecule has 0 atom stereocenters. The van der Waals surface area contributed by atoms with Gasteiger partial charge in [-0.2, -0.15) is 0 Å². The fraction of sp³-hybridized carbons (Fsp3) is 0.273. The molecule has 1 aromatic carbocycles. The van der Waals surface area contributed by atoms with Gasteiger partial charge in [0.2, 0.25) is 0 Å². The minimum absolute atomic E-state index is 0.327. The summed E-state index contributed by atoms with van der Waals surface area (Å²) in [6.07, 6.45) is 1.80. The minimum Gasteiger partial charge on any atom is -0.477 e. The van der Waals surface area contributed by atoms with E-state index in [9.17, 15) is 0 Å². The molecule has 1 rings (SSSR count). The van der Waals surface area contributed by atoms with Gasteiger partial charge in [-0.1, -0.05) is 24.8 Å². The van der Waals surface area contributed by atoms with Gasteiger partial charge in [-0.3, -0.25) is 0 Å². The normalized spacial score (nSPS) is 11.0. The predicted molar refractivity (Wildman–Crippen MR) is 60.2 cm³/mol.